The molecule has 0 aliphatic carbocycles. The van der Waals surface area contributed by atoms with Crippen LogP contribution in [0.5, 0.6) is 0 Å². The van der Waals surface area contributed by atoms with Crippen LogP contribution in [-0.2, 0) is 12.7 Å². The van der Waals surface area contributed by atoms with Crippen LogP contribution in [0, 0.1) is 0 Å². The lowest BCUT2D eigenvalue weighted by Crippen LogP contribution is -2.23. The fraction of sp³-hybridized carbons (Fsp3) is 0.280. The molecule has 2 aromatic rings. The van der Waals surface area contributed by atoms with Crippen molar-refractivity contribution in [1.29, 1.82) is 0 Å². The quantitative estimate of drug-likeness (QED) is 0.511. The fourth-order valence-corrected chi connectivity index (χ4v) is 3.17. The van der Waals surface area contributed by atoms with Gasteiger partial charge in [0.05, 0.1) is 11.3 Å². The van der Waals surface area contributed by atoms with E-state index >= 15 is 0 Å². The van der Waals surface area contributed by atoms with E-state index in [2.05, 4.69) is 35.6 Å². The molecule has 0 aliphatic rings. The first-order valence-corrected chi connectivity index (χ1v) is 10.6. The number of carbonyl (C=O) groups excluding carboxylic acids is 1. The van der Waals surface area contributed by atoms with Crippen molar-refractivity contribution in [3.8, 4) is 0 Å². The maximum Gasteiger partial charge on any atom is 0.416 e. The normalized spacial score (nSPS) is 12.4. The molecule has 1 aromatic heterocycles. The zero-order chi connectivity index (χ0) is 24.6. The number of nitrogens with one attached hydrogen (secondary N) is 1. The largest absolute Gasteiger partial charge is 0.416 e. The third kappa shape index (κ3) is 7.24. The van der Waals surface area contributed by atoms with Crippen LogP contribution in [0.1, 0.15) is 48.0 Å². The first kappa shape index (κ1) is 25.7. The molecule has 3 N–H and O–H groups in total. The molecule has 2 rings (SSSR count). The number of amides is 1. The highest BCUT2D eigenvalue weighted by molar-refractivity contribution is 5.95. The molecule has 0 atom stereocenters. The first-order chi connectivity index (χ1) is 15.6. The van der Waals surface area contributed by atoms with Gasteiger partial charge < -0.3 is 16.0 Å². The van der Waals surface area contributed by atoms with Crippen LogP contribution in [-0.4, -0.2) is 28.9 Å². The van der Waals surface area contributed by atoms with E-state index in [1.165, 1.54) is 24.4 Å². The zero-order valence-electron chi connectivity index (χ0n) is 19.0. The second kappa shape index (κ2) is 11.4. The SMILES string of the molecule is C=C(/C(N)=C\C=C(/C)N(CC)CC)c1cc(C(=O)NCc2cccc(C(F)(F)F)c2)ccn1. The minimum atomic E-state index is -4.44. The number of benzene rings is 1. The number of rotatable bonds is 9. The molecule has 0 radical (unpaired) electrons. The van der Waals surface area contributed by atoms with Gasteiger partial charge in [-0.3, -0.25) is 9.78 Å². The van der Waals surface area contributed by atoms with Crippen molar-refractivity contribution < 1.29 is 18.0 Å². The third-order valence-electron chi connectivity index (χ3n) is 5.15. The highest BCUT2D eigenvalue weighted by Crippen LogP contribution is 2.29. The summed E-state index contributed by atoms with van der Waals surface area (Å²) in [6.07, 6.45) is 0.675. The van der Waals surface area contributed by atoms with Gasteiger partial charge in [0.15, 0.2) is 0 Å². The predicted octanol–water partition coefficient (Wildman–Crippen LogP) is 5.13. The van der Waals surface area contributed by atoms with Crippen LogP contribution in [0.3, 0.4) is 0 Å². The average Bonchev–Trinajstić information content (AvgIpc) is 2.81. The van der Waals surface area contributed by atoms with Crippen molar-refractivity contribution in [2.75, 3.05) is 13.1 Å². The van der Waals surface area contributed by atoms with Crippen molar-refractivity contribution in [2.45, 2.75) is 33.5 Å². The number of aromatic nitrogens is 1. The van der Waals surface area contributed by atoms with Crippen LogP contribution in [0.2, 0.25) is 0 Å². The van der Waals surface area contributed by atoms with E-state index in [0.29, 0.717) is 28.1 Å². The summed E-state index contributed by atoms with van der Waals surface area (Å²) in [5.74, 6) is -0.441. The van der Waals surface area contributed by atoms with Gasteiger partial charge in [-0.2, -0.15) is 13.2 Å². The Balaban J connectivity index is 2.10. The number of hydrogen-bond acceptors (Lipinski definition) is 4. The third-order valence-corrected chi connectivity index (χ3v) is 5.15. The van der Waals surface area contributed by atoms with Crippen molar-refractivity contribution in [2.24, 2.45) is 5.73 Å². The number of hydrogen-bond donors (Lipinski definition) is 2. The molecule has 1 amide bonds. The molecular formula is C25H29F3N4O. The molecule has 0 bridgehead atoms. The summed E-state index contributed by atoms with van der Waals surface area (Å²) >= 11 is 0. The molecule has 0 saturated carbocycles. The predicted molar refractivity (Wildman–Crippen MR) is 125 cm³/mol. The van der Waals surface area contributed by atoms with E-state index in [-0.39, 0.29) is 6.54 Å². The van der Waals surface area contributed by atoms with E-state index in [0.717, 1.165) is 30.9 Å². The van der Waals surface area contributed by atoms with Gasteiger partial charge in [-0.05, 0) is 62.8 Å². The van der Waals surface area contributed by atoms with E-state index in [4.69, 9.17) is 5.73 Å². The summed E-state index contributed by atoms with van der Waals surface area (Å²) < 4.78 is 38.6. The summed E-state index contributed by atoms with van der Waals surface area (Å²) in [6.45, 7) is 11.8. The van der Waals surface area contributed by atoms with Gasteiger partial charge in [0.1, 0.15) is 0 Å². The molecule has 0 aliphatic heterocycles. The van der Waals surface area contributed by atoms with Crippen molar-refractivity contribution in [3.63, 3.8) is 0 Å². The van der Waals surface area contributed by atoms with Crippen LogP contribution in [0.25, 0.3) is 5.57 Å². The lowest BCUT2D eigenvalue weighted by molar-refractivity contribution is -0.137. The van der Waals surface area contributed by atoms with E-state index in [1.54, 1.807) is 12.1 Å². The average molecular weight is 459 g/mol. The van der Waals surface area contributed by atoms with Crippen molar-refractivity contribution in [3.05, 3.63) is 95.1 Å². The maximum absolute atomic E-state index is 12.9. The Bertz CT molecular complexity index is 1050. The van der Waals surface area contributed by atoms with Crippen LogP contribution < -0.4 is 11.1 Å². The van der Waals surface area contributed by atoms with Crippen LogP contribution in [0.15, 0.2) is 72.7 Å². The lowest BCUT2D eigenvalue weighted by atomic mass is 10.1. The molecule has 5 nitrogen and oxygen atoms in total. The van der Waals surface area contributed by atoms with Gasteiger partial charge in [-0.25, -0.2) is 0 Å². The Morgan fingerprint density at radius 3 is 2.52 bits per heavy atom. The zero-order valence-corrected chi connectivity index (χ0v) is 19.0. The fourth-order valence-electron chi connectivity index (χ4n) is 3.17. The minimum Gasteiger partial charge on any atom is -0.398 e. The Kier molecular flexibility index (Phi) is 8.85. The van der Waals surface area contributed by atoms with Crippen LogP contribution in [0.4, 0.5) is 13.2 Å². The molecule has 1 heterocycles. The minimum absolute atomic E-state index is 0.0428. The highest BCUT2D eigenvalue weighted by atomic mass is 19.4. The smallest absolute Gasteiger partial charge is 0.398 e. The number of alkyl halides is 3. The van der Waals surface area contributed by atoms with Crippen LogP contribution >= 0.6 is 0 Å². The molecule has 0 fully saturated rings. The standard InChI is InChI=1S/C25H29F3N4O/c1-5-32(6-2)17(3)10-11-22(29)18(4)23-15-20(12-13-30-23)24(33)31-16-19-8-7-9-21(14-19)25(26,27)28/h7-15H,4-6,16,29H2,1-3H3,(H,31,33)/b17-10+,22-11+. The highest BCUT2D eigenvalue weighted by Gasteiger charge is 2.30. The van der Waals surface area contributed by atoms with Gasteiger partial charge in [0.2, 0.25) is 0 Å². The number of allylic oxidation sites excluding steroid dienone is 4. The van der Waals surface area contributed by atoms with Gasteiger partial charge in [-0.1, -0.05) is 18.7 Å². The lowest BCUT2D eigenvalue weighted by Gasteiger charge is -2.21. The van der Waals surface area contributed by atoms with E-state index in [1.807, 2.05) is 13.0 Å². The number of halogens is 3. The second-order valence-electron chi connectivity index (χ2n) is 7.39. The summed E-state index contributed by atoms with van der Waals surface area (Å²) in [5, 5.41) is 2.63. The Labute approximate surface area is 192 Å². The van der Waals surface area contributed by atoms with E-state index < -0.39 is 17.6 Å². The summed E-state index contributed by atoms with van der Waals surface area (Å²) in [7, 11) is 0. The molecule has 8 heteroatoms. The Morgan fingerprint density at radius 2 is 1.88 bits per heavy atom. The maximum atomic E-state index is 12.9. The molecule has 0 saturated heterocycles. The van der Waals surface area contributed by atoms with Gasteiger partial charge in [-0.15, -0.1) is 0 Å². The van der Waals surface area contributed by atoms with Crippen molar-refractivity contribution >= 4 is 11.5 Å². The summed E-state index contributed by atoms with van der Waals surface area (Å²) in [4.78, 5) is 19.0. The number of nitrogens with zero attached hydrogens (tertiary/aromatic N) is 2. The Morgan fingerprint density at radius 1 is 1.18 bits per heavy atom. The van der Waals surface area contributed by atoms with Gasteiger partial charge in [0.25, 0.3) is 5.91 Å². The number of carbonyl (C=O) groups is 1. The topological polar surface area (TPSA) is 71.2 Å². The molecule has 0 spiro atoms. The first-order valence-electron chi connectivity index (χ1n) is 10.6. The summed E-state index contributed by atoms with van der Waals surface area (Å²) in [6, 6.07) is 7.90. The second-order valence-corrected chi connectivity index (χ2v) is 7.39. The molecular weight excluding hydrogens is 429 g/mol. The van der Waals surface area contributed by atoms with E-state index in [9.17, 15) is 18.0 Å². The monoisotopic (exact) mass is 458 g/mol. The van der Waals surface area contributed by atoms with Gasteiger partial charge in [0, 0.05) is 48.4 Å². The summed E-state index contributed by atoms with van der Waals surface area (Å²) in [5.41, 5.74) is 8.42. The molecule has 0 unspecified atom stereocenters. The number of nitrogens with two attached hydrogens (primary N) is 1. The molecule has 1 aromatic carbocycles. The van der Waals surface area contributed by atoms with Gasteiger partial charge >= 0.3 is 6.18 Å². The van der Waals surface area contributed by atoms with Crippen molar-refractivity contribution in [1.82, 2.24) is 15.2 Å². The molecule has 176 valence electrons. The number of pyridine rings is 1. The Hall–Kier alpha value is -3.55. The molecule has 33 heavy (non-hydrogen) atoms.